The molecule has 0 spiro atoms. The molecular formula is C14H23N3. The van der Waals surface area contributed by atoms with Gasteiger partial charge in [0.2, 0.25) is 0 Å². The molecule has 0 atom stereocenters. The SMILES string of the molecule is CCCNc1cccc(N(C)CC2CCC2)n1. The first-order valence-electron chi connectivity index (χ1n) is 6.71. The van der Waals surface area contributed by atoms with Gasteiger partial charge in [0.15, 0.2) is 0 Å². The van der Waals surface area contributed by atoms with Crippen LogP contribution in [0.5, 0.6) is 0 Å². The van der Waals surface area contributed by atoms with E-state index in [-0.39, 0.29) is 0 Å². The lowest BCUT2D eigenvalue weighted by Gasteiger charge is -2.30. The first-order valence-corrected chi connectivity index (χ1v) is 6.71. The number of aromatic nitrogens is 1. The second-order valence-electron chi connectivity index (χ2n) is 4.99. The van der Waals surface area contributed by atoms with Crippen LogP contribution in [0.3, 0.4) is 0 Å². The van der Waals surface area contributed by atoms with Crippen molar-refractivity contribution < 1.29 is 0 Å². The molecule has 0 bridgehead atoms. The van der Waals surface area contributed by atoms with E-state index in [1.807, 2.05) is 6.07 Å². The summed E-state index contributed by atoms with van der Waals surface area (Å²) in [5, 5.41) is 3.33. The van der Waals surface area contributed by atoms with Gasteiger partial charge in [-0.2, -0.15) is 0 Å². The molecule has 0 saturated heterocycles. The number of hydrogen-bond acceptors (Lipinski definition) is 3. The largest absolute Gasteiger partial charge is 0.370 e. The highest BCUT2D eigenvalue weighted by Gasteiger charge is 2.19. The molecule has 3 nitrogen and oxygen atoms in total. The maximum absolute atomic E-state index is 4.64. The molecule has 1 aliphatic rings. The zero-order valence-electron chi connectivity index (χ0n) is 10.9. The molecule has 0 aromatic carbocycles. The van der Waals surface area contributed by atoms with Crippen LogP contribution in [0, 0.1) is 5.92 Å². The van der Waals surface area contributed by atoms with Crippen molar-refractivity contribution in [3.05, 3.63) is 18.2 Å². The Morgan fingerprint density at radius 2 is 2.24 bits per heavy atom. The van der Waals surface area contributed by atoms with Crippen LogP contribution in [-0.4, -0.2) is 25.1 Å². The summed E-state index contributed by atoms with van der Waals surface area (Å²) in [7, 11) is 2.14. The Balaban J connectivity index is 1.93. The Kier molecular flexibility index (Phi) is 4.24. The van der Waals surface area contributed by atoms with Gasteiger partial charge >= 0.3 is 0 Å². The monoisotopic (exact) mass is 233 g/mol. The predicted molar refractivity (Wildman–Crippen MR) is 73.6 cm³/mol. The van der Waals surface area contributed by atoms with Crippen molar-refractivity contribution in [2.24, 2.45) is 5.92 Å². The van der Waals surface area contributed by atoms with Crippen molar-refractivity contribution in [2.75, 3.05) is 30.4 Å². The van der Waals surface area contributed by atoms with E-state index in [1.165, 1.54) is 19.3 Å². The quantitative estimate of drug-likeness (QED) is 0.818. The van der Waals surface area contributed by atoms with Crippen LogP contribution in [0.2, 0.25) is 0 Å². The van der Waals surface area contributed by atoms with Crippen molar-refractivity contribution in [3.8, 4) is 0 Å². The number of hydrogen-bond donors (Lipinski definition) is 1. The molecule has 0 radical (unpaired) electrons. The molecule has 1 aromatic heterocycles. The normalized spacial score (nSPS) is 15.4. The molecule has 3 heteroatoms. The third-order valence-electron chi connectivity index (χ3n) is 3.44. The Morgan fingerprint density at radius 3 is 2.88 bits per heavy atom. The Bertz CT molecular complexity index is 347. The van der Waals surface area contributed by atoms with Crippen molar-refractivity contribution in [1.29, 1.82) is 0 Å². The van der Waals surface area contributed by atoms with Gasteiger partial charge in [0.05, 0.1) is 0 Å². The molecule has 1 aliphatic carbocycles. The zero-order chi connectivity index (χ0) is 12.1. The summed E-state index contributed by atoms with van der Waals surface area (Å²) in [5.41, 5.74) is 0. The molecule has 0 amide bonds. The van der Waals surface area contributed by atoms with Crippen LogP contribution in [0.25, 0.3) is 0 Å². The lowest BCUT2D eigenvalue weighted by molar-refractivity contribution is 0.321. The predicted octanol–water partition coefficient (Wildman–Crippen LogP) is 3.14. The molecule has 17 heavy (non-hydrogen) atoms. The minimum Gasteiger partial charge on any atom is -0.370 e. The topological polar surface area (TPSA) is 28.2 Å². The summed E-state index contributed by atoms with van der Waals surface area (Å²) >= 11 is 0. The number of anilines is 2. The van der Waals surface area contributed by atoms with Gasteiger partial charge in [-0.3, -0.25) is 0 Å². The molecule has 2 rings (SSSR count). The summed E-state index contributed by atoms with van der Waals surface area (Å²) < 4.78 is 0. The molecular weight excluding hydrogens is 210 g/mol. The maximum Gasteiger partial charge on any atom is 0.130 e. The van der Waals surface area contributed by atoms with Crippen molar-refractivity contribution >= 4 is 11.6 Å². The highest BCUT2D eigenvalue weighted by molar-refractivity contribution is 5.46. The van der Waals surface area contributed by atoms with Crippen LogP contribution in [-0.2, 0) is 0 Å². The number of nitrogens with zero attached hydrogens (tertiary/aromatic N) is 2. The van der Waals surface area contributed by atoms with Crippen molar-refractivity contribution in [3.63, 3.8) is 0 Å². The molecule has 0 aliphatic heterocycles. The molecule has 1 N–H and O–H groups in total. The summed E-state index contributed by atoms with van der Waals surface area (Å²) in [6, 6.07) is 6.21. The molecule has 94 valence electrons. The summed E-state index contributed by atoms with van der Waals surface area (Å²) in [6.07, 6.45) is 5.31. The fourth-order valence-electron chi connectivity index (χ4n) is 2.14. The second-order valence-corrected chi connectivity index (χ2v) is 4.99. The lowest BCUT2D eigenvalue weighted by Crippen LogP contribution is -2.29. The van der Waals surface area contributed by atoms with Gasteiger partial charge in [-0.1, -0.05) is 19.4 Å². The smallest absolute Gasteiger partial charge is 0.130 e. The zero-order valence-corrected chi connectivity index (χ0v) is 10.9. The molecule has 1 fully saturated rings. The standard InChI is InChI=1S/C14H23N3/c1-3-10-15-13-8-5-9-14(16-13)17(2)11-12-6-4-7-12/h5,8-9,12H,3-4,6-7,10-11H2,1-2H3,(H,15,16). The second kappa shape index (κ2) is 5.89. The van der Waals surface area contributed by atoms with Gasteiger partial charge < -0.3 is 10.2 Å². The minimum absolute atomic E-state index is 0.883. The molecule has 1 saturated carbocycles. The lowest BCUT2D eigenvalue weighted by atomic mass is 9.85. The fraction of sp³-hybridized carbons (Fsp3) is 0.643. The third-order valence-corrected chi connectivity index (χ3v) is 3.44. The summed E-state index contributed by atoms with van der Waals surface area (Å²) in [4.78, 5) is 6.92. The molecule has 1 aromatic rings. The van der Waals surface area contributed by atoms with E-state index < -0.39 is 0 Å². The van der Waals surface area contributed by atoms with Crippen LogP contribution in [0.15, 0.2) is 18.2 Å². The van der Waals surface area contributed by atoms with Gasteiger partial charge in [-0.15, -0.1) is 0 Å². The minimum atomic E-state index is 0.883. The van der Waals surface area contributed by atoms with Crippen LogP contribution in [0.4, 0.5) is 11.6 Å². The Hall–Kier alpha value is -1.25. The first-order chi connectivity index (χ1) is 8.29. The van der Waals surface area contributed by atoms with E-state index in [4.69, 9.17) is 0 Å². The van der Waals surface area contributed by atoms with Gasteiger partial charge in [-0.05, 0) is 37.3 Å². The Morgan fingerprint density at radius 1 is 1.41 bits per heavy atom. The van der Waals surface area contributed by atoms with Crippen molar-refractivity contribution in [2.45, 2.75) is 32.6 Å². The van der Waals surface area contributed by atoms with Gasteiger partial charge in [0.1, 0.15) is 11.6 Å². The van der Waals surface area contributed by atoms with Crippen LogP contribution in [0.1, 0.15) is 32.6 Å². The molecule has 1 heterocycles. The highest BCUT2D eigenvalue weighted by atomic mass is 15.2. The van der Waals surface area contributed by atoms with E-state index in [1.54, 1.807) is 0 Å². The van der Waals surface area contributed by atoms with E-state index >= 15 is 0 Å². The highest BCUT2D eigenvalue weighted by Crippen LogP contribution is 2.28. The van der Waals surface area contributed by atoms with Crippen LogP contribution >= 0.6 is 0 Å². The van der Waals surface area contributed by atoms with Gasteiger partial charge in [0.25, 0.3) is 0 Å². The average molecular weight is 233 g/mol. The van der Waals surface area contributed by atoms with Crippen molar-refractivity contribution in [1.82, 2.24) is 4.98 Å². The number of pyridine rings is 1. The van der Waals surface area contributed by atoms with E-state index in [9.17, 15) is 0 Å². The Labute approximate surface area is 104 Å². The van der Waals surface area contributed by atoms with Crippen LogP contribution < -0.4 is 10.2 Å². The van der Waals surface area contributed by atoms with E-state index in [2.05, 4.69) is 41.3 Å². The average Bonchev–Trinajstić information content (AvgIpc) is 2.31. The third kappa shape index (κ3) is 3.35. The van der Waals surface area contributed by atoms with Gasteiger partial charge in [-0.25, -0.2) is 4.98 Å². The first kappa shape index (κ1) is 12.2. The fourth-order valence-corrected chi connectivity index (χ4v) is 2.14. The number of rotatable bonds is 6. The summed E-state index contributed by atoms with van der Waals surface area (Å²) in [6.45, 7) is 4.30. The van der Waals surface area contributed by atoms with E-state index in [0.717, 1.165) is 37.1 Å². The van der Waals surface area contributed by atoms with E-state index in [0.29, 0.717) is 0 Å². The maximum atomic E-state index is 4.64. The summed E-state index contributed by atoms with van der Waals surface area (Å²) in [5.74, 6) is 2.96. The number of nitrogens with one attached hydrogen (secondary N) is 1. The van der Waals surface area contributed by atoms with Gasteiger partial charge in [0, 0.05) is 20.1 Å². The molecule has 0 unspecified atom stereocenters.